The lowest BCUT2D eigenvalue weighted by Gasteiger charge is -2.34. The van der Waals surface area contributed by atoms with Gasteiger partial charge < -0.3 is 9.88 Å². The van der Waals surface area contributed by atoms with Gasteiger partial charge in [0.2, 0.25) is 0 Å². The molecule has 4 nitrogen and oxygen atoms in total. The van der Waals surface area contributed by atoms with Gasteiger partial charge in [-0.2, -0.15) is 0 Å². The zero-order valence-electron chi connectivity index (χ0n) is 21.4. The van der Waals surface area contributed by atoms with Crippen LogP contribution in [0.1, 0.15) is 37.5 Å². The largest absolute Gasteiger partial charge is 0.381 e. The average Bonchev–Trinajstić information content (AvgIpc) is 3.22. The summed E-state index contributed by atoms with van der Waals surface area (Å²) in [6, 6.07) is 26.3. The lowest BCUT2D eigenvalue weighted by Crippen LogP contribution is -2.26. The zero-order chi connectivity index (χ0) is 25.1. The molecule has 0 atom stereocenters. The molecule has 0 unspecified atom stereocenters. The second-order valence-corrected chi connectivity index (χ2v) is 9.61. The van der Waals surface area contributed by atoms with Crippen LogP contribution in [0.25, 0.3) is 27.5 Å². The molecule has 3 heterocycles. The van der Waals surface area contributed by atoms with E-state index < -0.39 is 0 Å². The fraction of sp³-hybridized carbons (Fsp3) is 0.188. The number of hydrogen-bond donors (Lipinski definition) is 1. The summed E-state index contributed by atoms with van der Waals surface area (Å²) in [6.07, 6.45) is 9.00. The summed E-state index contributed by atoms with van der Waals surface area (Å²) >= 11 is 0. The smallest absolute Gasteiger partial charge is 0.0582 e. The summed E-state index contributed by atoms with van der Waals surface area (Å²) in [4.78, 5) is 7.87. The summed E-state index contributed by atoms with van der Waals surface area (Å²) in [5, 5.41) is 5.92. The first-order chi connectivity index (χ1) is 17.5. The van der Waals surface area contributed by atoms with Crippen LogP contribution in [-0.4, -0.2) is 22.3 Å². The van der Waals surface area contributed by atoms with Gasteiger partial charge in [-0.05, 0) is 61.4 Å². The van der Waals surface area contributed by atoms with E-state index in [0.717, 1.165) is 12.2 Å². The zero-order valence-corrected chi connectivity index (χ0v) is 21.4. The molecule has 180 valence electrons. The molecule has 2 aromatic heterocycles. The molecule has 0 aliphatic carbocycles. The van der Waals surface area contributed by atoms with Crippen molar-refractivity contribution in [2.24, 2.45) is 4.99 Å². The van der Waals surface area contributed by atoms with Gasteiger partial charge in [-0.1, -0.05) is 61.9 Å². The molecule has 1 N–H and O–H groups in total. The first kappa shape index (κ1) is 23.6. The maximum Gasteiger partial charge on any atom is 0.0582 e. The van der Waals surface area contributed by atoms with E-state index in [1.54, 1.807) is 24.8 Å². The van der Waals surface area contributed by atoms with Gasteiger partial charge in [-0.3, -0.25) is 9.98 Å². The normalized spacial score (nSPS) is 13.7. The van der Waals surface area contributed by atoms with Crippen LogP contribution >= 0.6 is 0 Å². The van der Waals surface area contributed by atoms with Gasteiger partial charge in [0.15, 0.2) is 0 Å². The molecular formula is C32H32N4. The highest BCUT2D eigenvalue weighted by molar-refractivity contribution is 6.11. The molecule has 36 heavy (non-hydrogen) atoms. The van der Waals surface area contributed by atoms with Crippen LogP contribution in [0, 0.1) is 6.92 Å². The molecule has 0 saturated heterocycles. The molecule has 0 bridgehead atoms. The Kier molecular flexibility index (Phi) is 6.43. The summed E-state index contributed by atoms with van der Waals surface area (Å²) < 4.78 is 2.46. The second-order valence-electron chi connectivity index (χ2n) is 9.61. The molecule has 0 spiro atoms. The van der Waals surface area contributed by atoms with Gasteiger partial charge >= 0.3 is 0 Å². The van der Waals surface area contributed by atoms with E-state index in [4.69, 9.17) is 0 Å². The van der Waals surface area contributed by atoms with Gasteiger partial charge in [0.05, 0.1) is 16.7 Å². The van der Waals surface area contributed by atoms with Crippen LogP contribution in [0.3, 0.4) is 0 Å². The molecule has 0 saturated carbocycles. The van der Waals surface area contributed by atoms with Crippen molar-refractivity contribution in [2.45, 2.75) is 33.1 Å². The van der Waals surface area contributed by atoms with E-state index in [9.17, 15) is 0 Å². The number of nitrogens with zero attached hydrogens (tertiary/aromatic N) is 3. The Labute approximate surface area is 213 Å². The molecule has 3 aromatic carbocycles. The predicted molar refractivity (Wildman–Crippen MR) is 154 cm³/mol. The van der Waals surface area contributed by atoms with Gasteiger partial charge in [0.25, 0.3) is 0 Å². The third-order valence-corrected chi connectivity index (χ3v) is 6.88. The number of rotatable bonds is 4. The number of aryl methyl sites for hydroxylation is 1. The van der Waals surface area contributed by atoms with Crippen molar-refractivity contribution in [3.05, 3.63) is 114 Å². The molecule has 0 amide bonds. The van der Waals surface area contributed by atoms with Crippen LogP contribution < -0.4 is 5.32 Å². The number of aromatic nitrogens is 2. The standard InChI is InChI=1S/C22H19N.C10H13N3/c1-14-11-12-19-16(13-14)15-7-6-9-18-21(15)23(19)20-10-5-4-8-17(20)22(18,2)3;1-2-11-6-3-7-13-10-4-8-12-9-5-10/h4-13H,1-3H3;2-6,8-9H,7H2,1H3,(H,12,13)/b;6-3-,11-2?. The number of hydrogen-bond acceptors (Lipinski definition) is 3. The SMILES string of the molecule is CC=N/C=C\CNc1ccncc1.Cc1ccc2c(c1)c1cccc3c1n2-c1ccccc1C3(C)C. The Morgan fingerprint density at radius 2 is 1.69 bits per heavy atom. The predicted octanol–water partition coefficient (Wildman–Crippen LogP) is 7.83. The van der Waals surface area contributed by atoms with Crippen molar-refractivity contribution >= 4 is 33.7 Å². The first-order valence-electron chi connectivity index (χ1n) is 12.4. The Morgan fingerprint density at radius 1 is 0.917 bits per heavy atom. The van der Waals surface area contributed by atoms with Crippen LogP contribution in [-0.2, 0) is 5.41 Å². The minimum Gasteiger partial charge on any atom is -0.381 e. The fourth-order valence-corrected chi connectivity index (χ4v) is 5.13. The lowest BCUT2D eigenvalue weighted by atomic mass is 9.75. The van der Waals surface area contributed by atoms with Crippen molar-refractivity contribution in [1.29, 1.82) is 0 Å². The first-order valence-corrected chi connectivity index (χ1v) is 12.4. The number of aliphatic imine (C=N–C) groups is 1. The average molecular weight is 473 g/mol. The number of pyridine rings is 1. The van der Waals surface area contributed by atoms with Crippen molar-refractivity contribution in [3.8, 4) is 5.69 Å². The number of anilines is 1. The van der Waals surface area contributed by atoms with E-state index in [-0.39, 0.29) is 5.41 Å². The van der Waals surface area contributed by atoms with E-state index >= 15 is 0 Å². The molecule has 0 radical (unpaired) electrons. The van der Waals surface area contributed by atoms with Crippen molar-refractivity contribution < 1.29 is 0 Å². The molecule has 1 aliphatic heterocycles. The quantitative estimate of drug-likeness (QED) is 0.271. The highest BCUT2D eigenvalue weighted by Crippen LogP contribution is 2.47. The molecule has 4 heteroatoms. The maximum absolute atomic E-state index is 3.95. The van der Waals surface area contributed by atoms with Crippen LogP contribution in [0.2, 0.25) is 0 Å². The number of para-hydroxylation sites is 2. The van der Waals surface area contributed by atoms with E-state index in [1.165, 1.54) is 44.2 Å². The molecular weight excluding hydrogens is 440 g/mol. The minimum absolute atomic E-state index is 0.0233. The molecule has 6 rings (SSSR count). The van der Waals surface area contributed by atoms with Crippen molar-refractivity contribution in [3.63, 3.8) is 0 Å². The van der Waals surface area contributed by atoms with Crippen LogP contribution in [0.15, 0.2) is 102 Å². The van der Waals surface area contributed by atoms with Gasteiger partial charge in [-0.25, -0.2) is 0 Å². The lowest BCUT2D eigenvalue weighted by molar-refractivity contribution is 0.630. The Morgan fingerprint density at radius 3 is 2.50 bits per heavy atom. The van der Waals surface area contributed by atoms with E-state index in [0.29, 0.717) is 0 Å². The van der Waals surface area contributed by atoms with Gasteiger partial charge in [0.1, 0.15) is 0 Å². The Hall–Kier alpha value is -4.18. The van der Waals surface area contributed by atoms with Gasteiger partial charge in [0, 0.05) is 53.2 Å². The van der Waals surface area contributed by atoms with Crippen molar-refractivity contribution in [1.82, 2.24) is 9.55 Å². The molecule has 5 aromatic rings. The summed E-state index contributed by atoms with van der Waals surface area (Å²) in [6.45, 7) is 9.52. The number of fused-ring (bicyclic) bond motifs is 5. The highest BCUT2D eigenvalue weighted by atomic mass is 15.0. The van der Waals surface area contributed by atoms with Crippen LogP contribution in [0.4, 0.5) is 5.69 Å². The summed E-state index contributed by atoms with van der Waals surface area (Å²) in [5.41, 5.74) is 9.22. The van der Waals surface area contributed by atoms with E-state index in [2.05, 4.69) is 101 Å². The third kappa shape index (κ3) is 4.20. The summed E-state index contributed by atoms with van der Waals surface area (Å²) in [7, 11) is 0. The fourth-order valence-electron chi connectivity index (χ4n) is 5.13. The second kappa shape index (κ2) is 9.82. The number of nitrogens with one attached hydrogen (secondary N) is 1. The highest BCUT2D eigenvalue weighted by Gasteiger charge is 2.34. The molecule has 1 aliphatic rings. The van der Waals surface area contributed by atoms with E-state index in [1.807, 2.05) is 25.1 Å². The van der Waals surface area contributed by atoms with Crippen LogP contribution in [0.5, 0.6) is 0 Å². The van der Waals surface area contributed by atoms with Gasteiger partial charge in [-0.15, -0.1) is 0 Å². The Balaban J connectivity index is 0.000000176. The molecule has 0 fully saturated rings. The monoisotopic (exact) mass is 472 g/mol. The minimum atomic E-state index is 0.0233. The Bertz CT molecular complexity index is 1570. The maximum atomic E-state index is 3.95. The van der Waals surface area contributed by atoms with Crippen molar-refractivity contribution in [2.75, 3.05) is 11.9 Å². The summed E-state index contributed by atoms with van der Waals surface area (Å²) in [5.74, 6) is 0. The topological polar surface area (TPSA) is 42.2 Å². The number of benzene rings is 3. The third-order valence-electron chi connectivity index (χ3n) is 6.88.